The van der Waals surface area contributed by atoms with Crippen LogP contribution in [-0.4, -0.2) is 38.2 Å². The number of nitrogens with one attached hydrogen (secondary N) is 1. The number of hydrogen-bond acceptors (Lipinski definition) is 4. The minimum Gasteiger partial charge on any atom is -0.478 e. The lowest BCUT2D eigenvalue weighted by Gasteiger charge is -2.11. The lowest BCUT2D eigenvalue weighted by Crippen LogP contribution is -2.19. The van der Waals surface area contributed by atoms with Crippen molar-refractivity contribution in [2.24, 2.45) is 0 Å². The third-order valence-corrected chi connectivity index (χ3v) is 5.22. The number of hydrogen-bond donors (Lipinski definition) is 2. The highest BCUT2D eigenvalue weighted by Gasteiger charge is 2.20. The summed E-state index contributed by atoms with van der Waals surface area (Å²) in [7, 11) is -2.13. The summed E-state index contributed by atoms with van der Waals surface area (Å²) < 4.78 is 24.7. The van der Waals surface area contributed by atoms with Crippen molar-refractivity contribution in [1.82, 2.24) is 5.32 Å². The normalized spacial score (nSPS) is 11.2. The van der Waals surface area contributed by atoms with Gasteiger partial charge in [0, 0.05) is 13.5 Å². The maximum atomic E-state index is 12.3. The first kappa shape index (κ1) is 17.2. The van der Waals surface area contributed by atoms with Crippen molar-refractivity contribution in [3.05, 3.63) is 28.8 Å². The Kier molecular flexibility index (Phi) is 5.48. The largest absolute Gasteiger partial charge is 0.478 e. The molecule has 0 saturated carbocycles. The fourth-order valence-electron chi connectivity index (χ4n) is 1.93. The number of amides is 1. The molecule has 1 aromatic carbocycles. The predicted octanol–water partition coefficient (Wildman–Crippen LogP) is 1.30. The van der Waals surface area contributed by atoms with Gasteiger partial charge < -0.3 is 10.4 Å². The molecular formula is C14H19NO5S. The smallest absolute Gasteiger partial charge is 0.335 e. The SMILES string of the molecule is CNC(=O)CCCS(=O)(=O)c1cc(C(=O)O)cc(C)c1C. The number of carbonyl (C=O) groups excluding carboxylic acids is 1. The second-order valence-electron chi connectivity index (χ2n) is 4.82. The topological polar surface area (TPSA) is 101 Å². The molecule has 1 rings (SSSR count). The van der Waals surface area contributed by atoms with Gasteiger partial charge in [-0.25, -0.2) is 13.2 Å². The number of benzene rings is 1. The summed E-state index contributed by atoms with van der Waals surface area (Å²) in [5.74, 6) is -1.58. The van der Waals surface area contributed by atoms with Gasteiger partial charge in [0.2, 0.25) is 5.91 Å². The molecule has 0 aliphatic rings. The molecule has 0 aliphatic carbocycles. The van der Waals surface area contributed by atoms with Gasteiger partial charge in [0.05, 0.1) is 16.2 Å². The number of sulfone groups is 1. The van der Waals surface area contributed by atoms with Crippen LogP contribution in [0.1, 0.15) is 34.3 Å². The van der Waals surface area contributed by atoms with Crippen molar-refractivity contribution in [3.8, 4) is 0 Å². The molecule has 0 bridgehead atoms. The number of aryl methyl sites for hydroxylation is 1. The molecule has 21 heavy (non-hydrogen) atoms. The maximum Gasteiger partial charge on any atom is 0.335 e. The monoisotopic (exact) mass is 313 g/mol. The Morgan fingerprint density at radius 3 is 2.38 bits per heavy atom. The van der Waals surface area contributed by atoms with E-state index in [4.69, 9.17) is 5.11 Å². The van der Waals surface area contributed by atoms with E-state index in [0.717, 1.165) is 0 Å². The van der Waals surface area contributed by atoms with Gasteiger partial charge in [-0.15, -0.1) is 0 Å². The van der Waals surface area contributed by atoms with Crippen LogP contribution in [0.2, 0.25) is 0 Å². The molecule has 0 fully saturated rings. The highest BCUT2D eigenvalue weighted by atomic mass is 32.2. The van der Waals surface area contributed by atoms with Crippen LogP contribution in [0.15, 0.2) is 17.0 Å². The number of carboxylic acid groups (broad SMARTS) is 1. The molecule has 0 radical (unpaired) electrons. The van der Waals surface area contributed by atoms with Crippen molar-refractivity contribution >= 4 is 21.7 Å². The zero-order valence-corrected chi connectivity index (χ0v) is 13.1. The Labute approximate surface area is 124 Å². The van der Waals surface area contributed by atoms with Crippen molar-refractivity contribution in [2.45, 2.75) is 31.6 Å². The van der Waals surface area contributed by atoms with Gasteiger partial charge in [-0.05, 0) is 43.5 Å². The number of aromatic carboxylic acids is 1. The van der Waals surface area contributed by atoms with Crippen molar-refractivity contribution < 1.29 is 23.1 Å². The van der Waals surface area contributed by atoms with Gasteiger partial charge in [0.1, 0.15) is 0 Å². The Bertz CT molecular complexity index is 664. The molecule has 1 amide bonds. The zero-order valence-electron chi connectivity index (χ0n) is 12.3. The number of rotatable bonds is 6. The van der Waals surface area contributed by atoms with E-state index in [-0.39, 0.29) is 35.0 Å². The van der Waals surface area contributed by atoms with Crippen molar-refractivity contribution in [3.63, 3.8) is 0 Å². The molecule has 0 spiro atoms. The average Bonchev–Trinajstić information content (AvgIpc) is 2.40. The summed E-state index contributed by atoms with van der Waals surface area (Å²) in [5, 5.41) is 11.4. The van der Waals surface area contributed by atoms with Crippen LogP contribution in [-0.2, 0) is 14.6 Å². The van der Waals surface area contributed by atoms with E-state index >= 15 is 0 Å². The van der Waals surface area contributed by atoms with Crippen LogP contribution >= 0.6 is 0 Å². The van der Waals surface area contributed by atoms with Gasteiger partial charge in [0.15, 0.2) is 9.84 Å². The molecule has 0 atom stereocenters. The summed E-state index contributed by atoms with van der Waals surface area (Å²) in [6.45, 7) is 3.32. The lowest BCUT2D eigenvalue weighted by molar-refractivity contribution is -0.120. The molecule has 2 N–H and O–H groups in total. The Balaban J connectivity index is 3.07. The first-order valence-electron chi connectivity index (χ1n) is 6.47. The second-order valence-corrected chi connectivity index (χ2v) is 6.89. The highest BCUT2D eigenvalue weighted by molar-refractivity contribution is 7.91. The molecule has 1 aromatic rings. The van der Waals surface area contributed by atoms with Gasteiger partial charge in [-0.2, -0.15) is 0 Å². The Hall–Kier alpha value is -1.89. The van der Waals surface area contributed by atoms with E-state index in [1.54, 1.807) is 13.8 Å². The van der Waals surface area contributed by atoms with Gasteiger partial charge in [0.25, 0.3) is 0 Å². The van der Waals surface area contributed by atoms with Gasteiger partial charge in [-0.1, -0.05) is 0 Å². The quantitative estimate of drug-likeness (QED) is 0.824. The Morgan fingerprint density at radius 1 is 1.24 bits per heavy atom. The Morgan fingerprint density at radius 2 is 1.86 bits per heavy atom. The molecule has 7 heteroatoms. The van der Waals surface area contributed by atoms with E-state index in [1.807, 2.05) is 0 Å². The first-order chi connectivity index (χ1) is 9.69. The van der Waals surface area contributed by atoms with E-state index < -0.39 is 15.8 Å². The number of carboxylic acids is 1. The van der Waals surface area contributed by atoms with Crippen LogP contribution in [0.3, 0.4) is 0 Å². The summed E-state index contributed by atoms with van der Waals surface area (Å²) in [4.78, 5) is 22.2. The summed E-state index contributed by atoms with van der Waals surface area (Å²) in [6.07, 6.45) is 0.310. The van der Waals surface area contributed by atoms with Crippen LogP contribution < -0.4 is 5.32 Å². The molecule has 116 valence electrons. The zero-order chi connectivity index (χ0) is 16.2. The predicted molar refractivity (Wildman–Crippen MR) is 78.2 cm³/mol. The van der Waals surface area contributed by atoms with E-state index in [9.17, 15) is 18.0 Å². The summed E-state index contributed by atoms with van der Waals surface area (Å²) in [5.41, 5.74) is 1.10. The van der Waals surface area contributed by atoms with Crippen LogP contribution in [0.5, 0.6) is 0 Å². The summed E-state index contributed by atoms with van der Waals surface area (Å²) >= 11 is 0. The van der Waals surface area contributed by atoms with E-state index in [1.165, 1.54) is 19.2 Å². The first-order valence-corrected chi connectivity index (χ1v) is 8.12. The van der Waals surface area contributed by atoms with Crippen molar-refractivity contribution in [1.29, 1.82) is 0 Å². The third kappa shape index (κ3) is 4.29. The standard InChI is InChI=1S/C14H19NO5S/c1-9-7-11(14(17)18)8-12(10(9)2)21(19,20)6-4-5-13(16)15-3/h7-8H,4-6H2,1-3H3,(H,15,16)(H,17,18). The van der Waals surface area contributed by atoms with Crippen LogP contribution in [0, 0.1) is 13.8 Å². The van der Waals surface area contributed by atoms with Gasteiger partial charge in [-0.3, -0.25) is 4.79 Å². The van der Waals surface area contributed by atoms with Gasteiger partial charge >= 0.3 is 5.97 Å². The molecule has 0 heterocycles. The van der Waals surface area contributed by atoms with Crippen LogP contribution in [0.25, 0.3) is 0 Å². The fraction of sp³-hybridized carbons (Fsp3) is 0.429. The minimum absolute atomic E-state index is 0.0248. The molecule has 0 aromatic heterocycles. The van der Waals surface area contributed by atoms with E-state index in [2.05, 4.69) is 5.32 Å². The molecule has 0 aliphatic heterocycles. The molecule has 0 saturated heterocycles. The number of carbonyl (C=O) groups is 2. The summed E-state index contributed by atoms with van der Waals surface area (Å²) in [6, 6.07) is 2.63. The highest BCUT2D eigenvalue weighted by Crippen LogP contribution is 2.23. The molecule has 6 nitrogen and oxygen atoms in total. The lowest BCUT2D eigenvalue weighted by atomic mass is 10.1. The van der Waals surface area contributed by atoms with Crippen molar-refractivity contribution in [2.75, 3.05) is 12.8 Å². The second kappa shape index (κ2) is 6.71. The van der Waals surface area contributed by atoms with E-state index in [0.29, 0.717) is 11.1 Å². The molecular weight excluding hydrogens is 294 g/mol. The average molecular weight is 313 g/mol. The van der Waals surface area contributed by atoms with Crippen LogP contribution in [0.4, 0.5) is 0 Å². The third-order valence-electron chi connectivity index (χ3n) is 3.30. The minimum atomic E-state index is -3.62. The maximum absolute atomic E-state index is 12.3. The molecule has 0 unspecified atom stereocenters. The fourth-order valence-corrected chi connectivity index (χ4v) is 3.61.